The lowest BCUT2D eigenvalue weighted by atomic mass is 10.2. The van der Waals surface area contributed by atoms with Crippen molar-refractivity contribution in [3.63, 3.8) is 0 Å². The number of thioether (sulfide) groups is 1. The Hall–Kier alpha value is -1.21. The van der Waals surface area contributed by atoms with Crippen molar-refractivity contribution in [2.24, 2.45) is 0 Å². The van der Waals surface area contributed by atoms with Gasteiger partial charge in [0.2, 0.25) is 0 Å². The molecule has 0 radical (unpaired) electrons. The fraction of sp³-hybridized carbons (Fsp3) is 0.750. The second-order valence-corrected chi connectivity index (χ2v) is 7.82. The van der Waals surface area contributed by atoms with Gasteiger partial charge in [0.15, 0.2) is 0 Å². The molecule has 2 rings (SSSR count). The van der Waals surface area contributed by atoms with E-state index in [1.54, 1.807) is 6.20 Å². The van der Waals surface area contributed by atoms with Crippen LogP contribution in [0.15, 0.2) is 12.4 Å². The maximum atomic E-state index is 12.5. The van der Waals surface area contributed by atoms with Gasteiger partial charge in [-0.1, -0.05) is 13.3 Å². The monoisotopic (exact) mass is 339 g/mol. The molecule has 0 saturated carbocycles. The Bertz CT molecular complexity index is 491. The quantitative estimate of drug-likeness (QED) is 0.865. The number of nitrogens with zero attached hydrogens (tertiary/aromatic N) is 4. The highest BCUT2D eigenvalue weighted by molar-refractivity contribution is 7.99. The van der Waals surface area contributed by atoms with Crippen molar-refractivity contribution in [1.82, 2.24) is 19.6 Å². The van der Waals surface area contributed by atoms with Gasteiger partial charge in [0, 0.05) is 31.1 Å². The van der Waals surface area contributed by atoms with Crippen LogP contribution >= 0.6 is 11.8 Å². The molecule has 6 nitrogen and oxygen atoms in total. The first kappa shape index (κ1) is 18.1. The Morgan fingerprint density at radius 3 is 3.04 bits per heavy atom. The molecule has 0 bridgehead atoms. The van der Waals surface area contributed by atoms with E-state index in [4.69, 9.17) is 0 Å². The van der Waals surface area contributed by atoms with Gasteiger partial charge in [-0.05, 0) is 32.7 Å². The van der Waals surface area contributed by atoms with Crippen molar-refractivity contribution in [2.45, 2.75) is 38.0 Å². The maximum Gasteiger partial charge on any atom is 0.321 e. The Morgan fingerprint density at radius 2 is 2.30 bits per heavy atom. The highest BCUT2D eigenvalue weighted by Gasteiger charge is 2.22. The molecule has 23 heavy (non-hydrogen) atoms. The number of nitrogens with one attached hydrogen (secondary N) is 1. The largest absolute Gasteiger partial charge is 0.323 e. The van der Waals surface area contributed by atoms with Crippen molar-refractivity contribution in [3.8, 4) is 0 Å². The molecular weight excluding hydrogens is 310 g/mol. The number of carbonyl (C=O) groups is 1. The molecule has 0 aliphatic carbocycles. The van der Waals surface area contributed by atoms with Crippen LogP contribution in [-0.2, 0) is 6.54 Å². The van der Waals surface area contributed by atoms with Crippen LogP contribution in [-0.4, -0.2) is 70.3 Å². The van der Waals surface area contributed by atoms with Crippen molar-refractivity contribution in [2.75, 3.05) is 44.8 Å². The molecule has 2 heterocycles. The van der Waals surface area contributed by atoms with Gasteiger partial charge >= 0.3 is 6.03 Å². The molecule has 0 spiro atoms. The molecule has 1 aliphatic rings. The summed E-state index contributed by atoms with van der Waals surface area (Å²) in [4.78, 5) is 16.6. The minimum absolute atomic E-state index is 0.000706. The standard InChI is InChI=1S/C16H29N5OS/c1-4-23-15-7-5-6-8-20(13-15)16(22)18-14-11-17-21(12-14)10-9-19(2)3/h11-12,15H,4-10,13H2,1-3H3,(H,18,22)/t15-/m0/s1. The average Bonchev–Trinajstić information content (AvgIpc) is 2.81. The fourth-order valence-corrected chi connectivity index (χ4v) is 3.80. The zero-order chi connectivity index (χ0) is 16.7. The average molecular weight is 340 g/mol. The lowest BCUT2D eigenvalue weighted by Gasteiger charge is -2.24. The first-order valence-corrected chi connectivity index (χ1v) is 9.48. The van der Waals surface area contributed by atoms with Crippen molar-refractivity contribution >= 4 is 23.5 Å². The van der Waals surface area contributed by atoms with Gasteiger partial charge in [-0.2, -0.15) is 16.9 Å². The van der Waals surface area contributed by atoms with Crippen LogP contribution < -0.4 is 5.32 Å². The minimum atomic E-state index is 0.000706. The van der Waals surface area contributed by atoms with Crippen LogP contribution in [0.1, 0.15) is 26.2 Å². The molecule has 2 amide bonds. The number of aromatic nitrogens is 2. The van der Waals surface area contributed by atoms with Gasteiger partial charge in [0.25, 0.3) is 0 Å². The minimum Gasteiger partial charge on any atom is -0.323 e. The summed E-state index contributed by atoms with van der Waals surface area (Å²) in [6, 6.07) is 0.000706. The third-order valence-corrected chi connectivity index (χ3v) is 5.17. The number of urea groups is 1. The number of likely N-dealkylation sites (tertiary alicyclic amines) is 1. The van der Waals surface area contributed by atoms with Crippen LogP contribution in [0, 0.1) is 0 Å². The maximum absolute atomic E-state index is 12.5. The van der Waals surface area contributed by atoms with Crippen LogP contribution in [0.3, 0.4) is 0 Å². The predicted octanol–water partition coefficient (Wildman–Crippen LogP) is 2.58. The molecule has 1 aromatic rings. The normalized spacial score (nSPS) is 19.0. The molecule has 0 aromatic carbocycles. The Morgan fingerprint density at radius 1 is 1.48 bits per heavy atom. The lowest BCUT2D eigenvalue weighted by molar-refractivity contribution is 0.214. The third-order valence-electron chi connectivity index (χ3n) is 3.98. The smallest absolute Gasteiger partial charge is 0.321 e. The topological polar surface area (TPSA) is 53.4 Å². The lowest BCUT2D eigenvalue weighted by Crippen LogP contribution is -2.38. The van der Waals surface area contributed by atoms with E-state index < -0.39 is 0 Å². The summed E-state index contributed by atoms with van der Waals surface area (Å²) < 4.78 is 1.87. The van der Waals surface area contributed by atoms with Gasteiger partial charge in [-0.3, -0.25) is 4.68 Å². The predicted molar refractivity (Wildman–Crippen MR) is 97.1 cm³/mol. The van der Waals surface area contributed by atoms with E-state index in [1.165, 1.54) is 12.8 Å². The number of amides is 2. The summed E-state index contributed by atoms with van der Waals surface area (Å²) in [6.07, 6.45) is 7.14. The third kappa shape index (κ3) is 6.06. The zero-order valence-corrected chi connectivity index (χ0v) is 15.3. The number of rotatable bonds is 6. The van der Waals surface area contributed by atoms with Gasteiger partial charge in [0.05, 0.1) is 18.4 Å². The molecule has 1 aromatic heterocycles. The molecule has 1 saturated heterocycles. The number of likely N-dealkylation sites (N-methyl/N-ethyl adjacent to an activating group) is 1. The molecule has 0 unspecified atom stereocenters. The zero-order valence-electron chi connectivity index (χ0n) is 14.5. The van der Waals surface area contributed by atoms with E-state index in [-0.39, 0.29) is 6.03 Å². The number of anilines is 1. The number of hydrogen-bond acceptors (Lipinski definition) is 4. The Kier molecular flexibility index (Phi) is 7.23. The van der Waals surface area contributed by atoms with Crippen LogP contribution in [0.2, 0.25) is 0 Å². The molecule has 1 fully saturated rings. The van der Waals surface area contributed by atoms with E-state index >= 15 is 0 Å². The van der Waals surface area contributed by atoms with Crippen LogP contribution in [0.5, 0.6) is 0 Å². The molecule has 130 valence electrons. The summed E-state index contributed by atoms with van der Waals surface area (Å²) >= 11 is 1.96. The van der Waals surface area contributed by atoms with Gasteiger partial charge in [-0.15, -0.1) is 0 Å². The van der Waals surface area contributed by atoms with E-state index in [0.717, 1.165) is 44.0 Å². The fourth-order valence-electron chi connectivity index (χ4n) is 2.71. The molecule has 7 heteroatoms. The van der Waals surface area contributed by atoms with E-state index in [0.29, 0.717) is 5.25 Å². The van der Waals surface area contributed by atoms with Crippen molar-refractivity contribution < 1.29 is 4.79 Å². The first-order valence-electron chi connectivity index (χ1n) is 8.43. The molecule has 1 aliphatic heterocycles. The Balaban J connectivity index is 1.87. The SMILES string of the molecule is CCS[C@H]1CCCCN(C(=O)Nc2cnn(CCN(C)C)c2)C1. The second kappa shape index (κ2) is 9.17. The summed E-state index contributed by atoms with van der Waals surface area (Å²) in [5.74, 6) is 1.11. The van der Waals surface area contributed by atoms with E-state index in [2.05, 4.69) is 22.2 Å². The highest BCUT2D eigenvalue weighted by atomic mass is 32.2. The van der Waals surface area contributed by atoms with E-state index in [1.807, 2.05) is 41.6 Å². The summed E-state index contributed by atoms with van der Waals surface area (Å²) in [6.45, 7) is 5.63. The van der Waals surface area contributed by atoms with Crippen molar-refractivity contribution in [1.29, 1.82) is 0 Å². The molecule has 1 atom stereocenters. The van der Waals surface area contributed by atoms with Crippen LogP contribution in [0.25, 0.3) is 0 Å². The van der Waals surface area contributed by atoms with Crippen molar-refractivity contribution in [3.05, 3.63) is 12.4 Å². The van der Waals surface area contributed by atoms with E-state index in [9.17, 15) is 4.79 Å². The highest BCUT2D eigenvalue weighted by Crippen LogP contribution is 2.22. The second-order valence-electron chi connectivity index (χ2n) is 6.24. The molecule has 1 N–H and O–H groups in total. The Labute approximate surface area is 143 Å². The first-order chi connectivity index (χ1) is 11.1. The molecular formula is C16H29N5OS. The van der Waals surface area contributed by atoms with Gasteiger partial charge < -0.3 is 15.1 Å². The van der Waals surface area contributed by atoms with Gasteiger partial charge in [0.1, 0.15) is 0 Å². The number of hydrogen-bond donors (Lipinski definition) is 1. The number of carbonyl (C=O) groups excluding carboxylic acids is 1. The summed E-state index contributed by atoms with van der Waals surface area (Å²) in [7, 11) is 4.08. The van der Waals surface area contributed by atoms with Crippen LogP contribution in [0.4, 0.5) is 10.5 Å². The summed E-state index contributed by atoms with van der Waals surface area (Å²) in [5, 5.41) is 7.86. The summed E-state index contributed by atoms with van der Waals surface area (Å²) in [5.41, 5.74) is 0.776. The van der Waals surface area contributed by atoms with Gasteiger partial charge in [-0.25, -0.2) is 4.79 Å².